The fraction of sp³-hybridized carbons (Fsp3) is 1.00. The molecule has 1 rings (SSSR count). The van der Waals surface area contributed by atoms with Crippen LogP contribution in [0, 0.1) is 23.2 Å². The van der Waals surface area contributed by atoms with Crippen molar-refractivity contribution in [2.45, 2.75) is 65.8 Å². The van der Waals surface area contributed by atoms with Crippen LogP contribution in [0.3, 0.4) is 0 Å². The fourth-order valence-corrected chi connectivity index (χ4v) is 3.33. The Morgan fingerprint density at radius 2 is 1.72 bits per heavy atom. The van der Waals surface area contributed by atoms with Crippen LogP contribution < -0.4 is 5.73 Å². The average Bonchev–Trinajstić information content (AvgIpc) is 2.34. The lowest BCUT2D eigenvalue weighted by Gasteiger charge is -2.40. The monoisotopic (exact) mass is 255 g/mol. The number of hydrogen-bond acceptors (Lipinski definition) is 2. The van der Waals surface area contributed by atoms with Crippen LogP contribution in [-0.2, 0) is 4.74 Å². The average molecular weight is 255 g/mol. The molecular weight excluding hydrogens is 222 g/mol. The van der Waals surface area contributed by atoms with Crippen molar-refractivity contribution in [3.05, 3.63) is 0 Å². The number of hydrogen-bond donors (Lipinski definition) is 1. The van der Waals surface area contributed by atoms with E-state index in [1.165, 1.54) is 25.7 Å². The second-order valence-electron chi connectivity index (χ2n) is 7.31. The molecule has 2 N–H and O–H groups in total. The molecule has 1 saturated carbocycles. The van der Waals surface area contributed by atoms with E-state index < -0.39 is 0 Å². The van der Waals surface area contributed by atoms with Gasteiger partial charge in [0.25, 0.3) is 0 Å². The van der Waals surface area contributed by atoms with Crippen LogP contribution in [0.25, 0.3) is 0 Å². The highest BCUT2D eigenvalue weighted by Gasteiger charge is 2.33. The smallest absolute Gasteiger partial charge is 0.0465 e. The lowest BCUT2D eigenvalue weighted by atomic mass is 9.67. The van der Waals surface area contributed by atoms with Gasteiger partial charge in [0.2, 0.25) is 0 Å². The highest BCUT2D eigenvalue weighted by molar-refractivity contribution is 4.86. The summed E-state index contributed by atoms with van der Waals surface area (Å²) >= 11 is 0. The van der Waals surface area contributed by atoms with E-state index in [4.69, 9.17) is 10.5 Å². The standard InChI is InChI=1S/C16H33NO/c1-12(10-11-18-5)15(17)13-6-8-14(9-7-13)16(2,3)4/h12-15H,6-11,17H2,1-5H3. The molecule has 18 heavy (non-hydrogen) atoms. The molecule has 0 spiro atoms. The van der Waals surface area contributed by atoms with Crippen LogP contribution in [0.5, 0.6) is 0 Å². The highest BCUT2D eigenvalue weighted by atomic mass is 16.5. The van der Waals surface area contributed by atoms with Crippen molar-refractivity contribution in [2.75, 3.05) is 13.7 Å². The van der Waals surface area contributed by atoms with E-state index in [-0.39, 0.29) is 0 Å². The third-order valence-corrected chi connectivity index (χ3v) is 4.98. The van der Waals surface area contributed by atoms with Gasteiger partial charge < -0.3 is 10.5 Å². The van der Waals surface area contributed by atoms with Gasteiger partial charge in [-0.2, -0.15) is 0 Å². The molecule has 0 bridgehead atoms. The van der Waals surface area contributed by atoms with Crippen molar-refractivity contribution in [1.29, 1.82) is 0 Å². The summed E-state index contributed by atoms with van der Waals surface area (Å²) in [7, 11) is 1.77. The first kappa shape index (κ1) is 16.0. The van der Waals surface area contributed by atoms with Gasteiger partial charge in [-0.3, -0.25) is 0 Å². The molecule has 0 amide bonds. The Morgan fingerprint density at radius 3 is 2.17 bits per heavy atom. The molecule has 1 aliphatic carbocycles. The quantitative estimate of drug-likeness (QED) is 0.810. The molecule has 2 atom stereocenters. The third kappa shape index (κ3) is 4.55. The Labute approximate surface area is 114 Å². The van der Waals surface area contributed by atoms with Gasteiger partial charge in [0.1, 0.15) is 0 Å². The molecule has 2 unspecified atom stereocenters. The predicted molar refractivity (Wildman–Crippen MR) is 78.5 cm³/mol. The minimum absolute atomic E-state index is 0.362. The van der Waals surface area contributed by atoms with Gasteiger partial charge in [-0.1, -0.05) is 27.7 Å². The summed E-state index contributed by atoms with van der Waals surface area (Å²) in [5.41, 5.74) is 6.90. The first-order valence-electron chi connectivity index (χ1n) is 7.60. The SMILES string of the molecule is COCCC(C)C(N)C1CCC(C(C)(C)C)CC1. The largest absolute Gasteiger partial charge is 0.385 e. The molecule has 0 aromatic carbocycles. The van der Waals surface area contributed by atoms with Crippen molar-refractivity contribution in [3.63, 3.8) is 0 Å². The molecule has 0 heterocycles. The fourth-order valence-electron chi connectivity index (χ4n) is 3.33. The summed E-state index contributed by atoms with van der Waals surface area (Å²) in [6.45, 7) is 10.2. The Balaban J connectivity index is 2.38. The molecule has 2 nitrogen and oxygen atoms in total. The molecule has 2 heteroatoms. The van der Waals surface area contributed by atoms with Crippen LogP contribution in [0.2, 0.25) is 0 Å². The minimum atomic E-state index is 0.362. The van der Waals surface area contributed by atoms with Crippen molar-refractivity contribution in [3.8, 4) is 0 Å². The highest BCUT2D eigenvalue weighted by Crippen LogP contribution is 2.41. The van der Waals surface area contributed by atoms with E-state index in [0.717, 1.165) is 24.9 Å². The van der Waals surface area contributed by atoms with Crippen LogP contribution in [0.15, 0.2) is 0 Å². The Bertz CT molecular complexity index is 226. The van der Waals surface area contributed by atoms with Gasteiger partial charge in [0, 0.05) is 19.8 Å². The molecule has 0 saturated heterocycles. The van der Waals surface area contributed by atoms with Crippen LogP contribution in [0.4, 0.5) is 0 Å². The maximum Gasteiger partial charge on any atom is 0.0465 e. The summed E-state index contributed by atoms with van der Waals surface area (Å²) in [6.07, 6.45) is 6.45. The van der Waals surface area contributed by atoms with Gasteiger partial charge in [-0.25, -0.2) is 0 Å². The molecule has 0 aromatic rings. The number of ether oxygens (including phenoxy) is 1. The maximum absolute atomic E-state index is 6.43. The molecular formula is C16H33NO. The van der Waals surface area contributed by atoms with E-state index in [9.17, 15) is 0 Å². The normalized spacial score (nSPS) is 29.0. The van der Waals surface area contributed by atoms with Gasteiger partial charge in [0.05, 0.1) is 0 Å². The first-order chi connectivity index (χ1) is 8.36. The first-order valence-corrected chi connectivity index (χ1v) is 7.60. The Morgan fingerprint density at radius 1 is 1.17 bits per heavy atom. The number of rotatable bonds is 5. The molecule has 1 fully saturated rings. The zero-order valence-corrected chi connectivity index (χ0v) is 13.0. The molecule has 108 valence electrons. The van der Waals surface area contributed by atoms with Gasteiger partial charge in [0.15, 0.2) is 0 Å². The maximum atomic E-state index is 6.43. The van der Waals surface area contributed by atoms with E-state index in [2.05, 4.69) is 27.7 Å². The summed E-state index contributed by atoms with van der Waals surface area (Å²) in [6, 6.07) is 0.362. The molecule has 0 radical (unpaired) electrons. The Kier molecular flexibility index (Phi) is 6.13. The number of methoxy groups -OCH3 is 1. The van der Waals surface area contributed by atoms with Gasteiger partial charge in [-0.05, 0) is 55.3 Å². The second-order valence-corrected chi connectivity index (χ2v) is 7.31. The molecule has 0 aliphatic heterocycles. The lowest BCUT2D eigenvalue weighted by molar-refractivity contribution is 0.118. The third-order valence-electron chi connectivity index (χ3n) is 4.98. The van der Waals surface area contributed by atoms with Crippen LogP contribution in [-0.4, -0.2) is 19.8 Å². The van der Waals surface area contributed by atoms with E-state index in [1.807, 2.05) is 0 Å². The molecule has 0 aromatic heterocycles. The van der Waals surface area contributed by atoms with Crippen LogP contribution in [0.1, 0.15) is 59.8 Å². The van der Waals surface area contributed by atoms with Gasteiger partial charge >= 0.3 is 0 Å². The Hall–Kier alpha value is -0.0800. The lowest BCUT2D eigenvalue weighted by Crippen LogP contribution is -2.40. The van der Waals surface area contributed by atoms with Crippen molar-refractivity contribution in [2.24, 2.45) is 28.9 Å². The summed E-state index contributed by atoms with van der Waals surface area (Å²) < 4.78 is 5.16. The van der Waals surface area contributed by atoms with Crippen molar-refractivity contribution >= 4 is 0 Å². The van der Waals surface area contributed by atoms with E-state index in [0.29, 0.717) is 17.4 Å². The summed E-state index contributed by atoms with van der Waals surface area (Å²) in [5, 5.41) is 0. The van der Waals surface area contributed by atoms with Crippen molar-refractivity contribution in [1.82, 2.24) is 0 Å². The molecule has 1 aliphatic rings. The number of nitrogens with two attached hydrogens (primary N) is 1. The minimum Gasteiger partial charge on any atom is -0.385 e. The van der Waals surface area contributed by atoms with Crippen molar-refractivity contribution < 1.29 is 4.74 Å². The van der Waals surface area contributed by atoms with E-state index in [1.54, 1.807) is 7.11 Å². The summed E-state index contributed by atoms with van der Waals surface area (Å²) in [4.78, 5) is 0. The van der Waals surface area contributed by atoms with Crippen LogP contribution >= 0.6 is 0 Å². The predicted octanol–water partition coefficient (Wildman–Crippen LogP) is 3.84. The zero-order chi connectivity index (χ0) is 13.8. The van der Waals surface area contributed by atoms with Gasteiger partial charge in [-0.15, -0.1) is 0 Å². The second kappa shape index (κ2) is 6.91. The topological polar surface area (TPSA) is 35.2 Å². The summed E-state index contributed by atoms with van der Waals surface area (Å²) in [5.74, 6) is 2.20. The van der Waals surface area contributed by atoms with E-state index >= 15 is 0 Å². The zero-order valence-electron chi connectivity index (χ0n) is 13.0.